The lowest BCUT2D eigenvalue weighted by Crippen LogP contribution is -2.38. The van der Waals surface area contributed by atoms with Gasteiger partial charge in [-0.25, -0.2) is 4.79 Å². The Kier molecular flexibility index (Phi) is 5.63. The highest BCUT2D eigenvalue weighted by atomic mass is 16.6. The molecule has 0 atom stereocenters. The summed E-state index contributed by atoms with van der Waals surface area (Å²) >= 11 is 0. The molecule has 1 aromatic heterocycles. The zero-order valence-corrected chi connectivity index (χ0v) is 14.5. The fraction of sp³-hybridized carbons (Fsp3) is 0.353. The molecule has 8 nitrogen and oxygen atoms in total. The molecule has 0 aliphatic rings. The number of benzene rings is 1. The summed E-state index contributed by atoms with van der Waals surface area (Å²) in [6.45, 7) is 5.74. The zero-order valence-electron chi connectivity index (χ0n) is 14.5. The second kappa shape index (κ2) is 7.69. The van der Waals surface area contributed by atoms with Crippen LogP contribution in [0.15, 0.2) is 34.7 Å². The number of nitrogen functional groups attached to an aromatic ring is 1. The Balaban J connectivity index is 1.91. The molecule has 2 rings (SSSR count). The monoisotopic (exact) mass is 346 g/mol. The van der Waals surface area contributed by atoms with Gasteiger partial charge in [0.2, 0.25) is 0 Å². The molecule has 8 heteroatoms. The SMILES string of the molecule is CC(C)(C)OC(=O)NCCNC(=O)c1nc(N)oc1-c1ccccc1. The molecule has 1 aromatic carbocycles. The molecule has 0 spiro atoms. The molecule has 0 saturated carbocycles. The molecule has 1 heterocycles. The maximum absolute atomic E-state index is 12.3. The van der Waals surface area contributed by atoms with E-state index in [1.807, 2.05) is 18.2 Å². The van der Waals surface area contributed by atoms with E-state index in [4.69, 9.17) is 14.9 Å². The predicted octanol–water partition coefficient (Wildman–Crippen LogP) is 2.18. The van der Waals surface area contributed by atoms with Gasteiger partial charge in [0.25, 0.3) is 11.9 Å². The molecular formula is C17H22N4O4. The van der Waals surface area contributed by atoms with Crippen LogP contribution < -0.4 is 16.4 Å². The van der Waals surface area contributed by atoms with Crippen molar-refractivity contribution < 1.29 is 18.7 Å². The number of rotatable bonds is 5. The molecule has 0 aliphatic heterocycles. The summed E-state index contributed by atoms with van der Waals surface area (Å²) in [5.74, 6) is -0.138. The summed E-state index contributed by atoms with van der Waals surface area (Å²) in [5, 5.41) is 5.21. The molecule has 0 bridgehead atoms. The third kappa shape index (κ3) is 5.52. The second-order valence-corrected chi connectivity index (χ2v) is 6.28. The molecule has 0 saturated heterocycles. The van der Waals surface area contributed by atoms with Gasteiger partial charge in [0.15, 0.2) is 11.5 Å². The van der Waals surface area contributed by atoms with E-state index in [1.54, 1.807) is 32.9 Å². The lowest BCUT2D eigenvalue weighted by Gasteiger charge is -2.19. The fourth-order valence-corrected chi connectivity index (χ4v) is 2.01. The van der Waals surface area contributed by atoms with Gasteiger partial charge >= 0.3 is 6.09 Å². The fourth-order valence-electron chi connectivity index (χ4n) is 2.01. The quantitative estimate of drug-likeness (QED) is 0.714. The van der Waals surface area contributed by atoms with Crippen molar-refractivity contribution in [3.63, 3.8) is 0 Å². The van der Waals surface area contributed by atoms with Gasteiger partial charge in [-0.2, -0.15) is 4.98 Å². The molecule has 0 unspecified atom stereocenters. The summed E-state index contributed by atoms with van der Waals surface area (Å²) in [6.07, 6.45) is -0.544. The van der Waals surface area contributed by atoms with Crippen LogP contribution in [-0.2, 0) is 4.74 Å². The third-order valence-electron chi connectivity index (χ3n) is 2.97. The molecule has 134 valence electrons. The molecule has 2 amide bonds. The normalized spacial score (nSPS) is 11.0. The molecule has 25 heavy (non-hydrogen) atoms. The number of nitrogens with zero attached hydrogens (tertiary/aromatic N) is 1. The maximum Gasteiger partial charge on any atom is 0.407 e. The van der Waals surface area contributed by atoms with Crippen LogP contribution in [0, 0.1) is 0 Å². The summed E-state index contributed by atoms with van der Waals surface area (Å²) in [4.78, 5) is 27.8. The minimum atomic E-state index is -0.573. The average molecular weight is 346 g/mol. The van der Waals surface area contributed by atoms with Crippen LogP contribution in [-0.4, -0.2) is 35.7 Å². The molecule has 0 aliphatic carbocycles. The van der Waals surface area contributed by atoms with Crippen LogP contribution >= 0.6 is 0 Å². The van der Waals surface area contributed by atoms with E-state index in [0.717, 1.165) is 0 Å². The third-order valence-corrected chi connectivity index (χ3v) is 2.97. The summed E-state index contributed by atoms with van der Waals surface area (Å²) in [6, 6.07) is 8.99. The highest BCUT2D eigenvalue weighted by Gasteiger charge is 2.20. The van der Waals surface area contributed by atoms with E-state index in [-0.39, 0.29) is 24.8 Å². The number of hydrogen-bond acceptors (Lipinski definition) is 6. The van der Waals surface area contributed by atoms with Crippen molar-refractivity contribution in [2.45, 2.75) is 26.4 Å². The number of aromatic nitrogens is 1. The first-order valence-corrected chi connectivity index (χ1v) is 7.83. The number of anilines is 1. The number of nitrogens with one attached hydrogen (secondary N) is 2. The van der Waals surface area contributed by atoms with Crippen molar-refractivity contribution in [3.05, 3.63) is 36.0 Å². The number of carbonyl (C=O) groups is 2. The van der Waals surface area contributed by atoms with Gasteiger partial charge in [-0.05, 0) is 20.8 Å². The van der Waals surface area contributed by atoms with Gasteiger partial charge < -0.3 is 25.5 Å². The van der Waals surface area contributed by atoms with Crippen molar-refractivity contribution in [1.82, 2.24) is 15.6 Å². The Morgan fingerprint density at radius 3 is 2.44 bits per heavy atom. The van der Waals surface area contributed by atoms with Crippen LogP contribution in [0.2, 0.25) is 0 Å². The van der Waals surface area contributed by atoms with Gasteiger partial charge in [-0.3, -0.25) is 4.79 Å². The lowest BCUT2D eigenvalue weighted by molar-refractivity contribution is 0.0526. The smallest absolute Gasteiger partial charge is 0.407 e. The number of hydrogen-bond donors (Lipinski definition) is 3. The number of amides is 2. The number of alkyl carbamates (subject to hydrolysis) is 1. The van der Waals surface area contributed by atoms with Crippen molar-refractivity contribution in [1.29, 1.82) is 0 Å². The van der Waals surface area contributed by atoms with Gasteiger partial charge in [-0.1, -0.05) is 30.3 Å². The second-order valence-electron chi connectivity index (χ2n) is 6.28. The van der Waals surface area contributed by atoms with Crippen molar-refractivity contribution in [2.75, 3.05) is 18.8 Å². The molecular weight excluding hydrogens is 324 g/mol. The van der Waals surface area contributed by atoms with Crippen LogP contribution in [0.1, 0.15) is 31.3 Å². The van der Waals surface area contributed by atoms with E-state index in [0.29, 0.717) is 11.3 Å². The van der Waals surface area contributed by atoms with Gasteiger partial charge in [-0.15, -0.1) is 0 Å². The molecule has 0 fully saturated rings. The van der Waals surface area contributed by atoms with Crippen LogP contribution in [0.3, 0.4) is 0 Å². The van der Waals surface area contributed by atoms with Crippen LogP contribution in [0.25, 0.3) is 11.3 Å². The largest absolute Gasteiger partial charge is 0.444 e. The van der Waals surface area contributed by atoms with E-state index in [1.165, 1.54) is 0 Å². The van der Waals surface area contributed by atoms with E-state index in [9.17, 15) is 9.59 Å². The van der Waals surface area contributed by atoms with Crippen LogP contribution in [0.5, 0.6) is 0 Å². The van der Waals surface area contributed by atoms with Gasteiger partial charge in [0.05, 0.1) is 0 Å². The van der Waals surface area contributed by atoms with Gasteiger partial charge in [0, 0.05) is 18.7 Å². The van der Waals surface area contributed by atoms with Crippen molar-refractivity contribution >= 4 is 18.0 Å². The molecule has 0 radical (unpaired) electrons. The zero-order chi connectivity index (χ0) is 18.4. The first-order chi connectivity index (χ1) is 11.8. The predicted molar refractivity (Wildman–Crippen MR) is 92.9 cm³/mol. The van der Waals surface area contributed by atoms with Crippen molar-refractivity contribution in [2.24, 2.45) is 0 Å². The maximum atomic E-state index is 12.3. The lowest BCUT2D eigenvalue weighted by atomic mass is 10.1. The highest BCUT2D eigenvalue weighted by molar-refractivity contribution is 5.98. The number of oxazole rings is 1. The summed E-state index contributed by atoms with van der Waals surface area (Å²) in [7, 11) is 0. The standard InChI is InChI=1S/C17H22N4O4/c1-17(2,3)25-16(23)20-10-9-19-14(22)12-13(24-15(18)21-12)11-7-5-4-6-8-11/h4-8H,9-10H2,1-3H3,(H2,18,21)(H,19,22)(H,20,23). The average Bonchev–Trinajstić information content (AvgIpc) is 2.92. The highest BCUT2D eigenvalue weighted by Crippen LogP contribution is 2.25. The van der Waals surface area contributed by atoms with E-state index >= 15 is 0 Å². The first-order valence-electron chi connectivity index (χ1n) is 7.83. The molecule has 4 N–H and O–H groups in total. The first kappa shape index (κ1) is 18.3. The minimum Gasteiger partial charge on any atom is -0.444 e. The van der Waals surface area contributed by atoms with E-state index in [2.05, 4.69) is 15.6 Å². The Morgan fingerprint density at radius 2 is 1.80 bits per heavy atom. The van der Waals surface area contributed by atoms with E-state index < -0.39 is 17.6 Å². The summed E-state index contributed by atoms with van der Waals surface area (Å²) < 4.78 is 10.4. The Morgan fingerprint density at radius 1 is 1.16 bits per heavy atom. The molecule has 2 aromatic rings. The number of ether oxygens (including phenoxy) is 1. The number of nitrogens with two attached hydrogens (primary N) is 1. The van der Waals surface area contributed by atoms with Crippen LogP contribution in [0.4, 0.5) is 10.8 Å². The number of carbonyl (C=O) groups excluding carboxylic acids is 2. The Hall–Kier alpha value is -3.03. The topological polar surface area (TPSA) is 119 Å². The van der Waals surface area contributed by atoms with Gasteiger partial charge in [0.1, 0.15) is 5.60 Å². The summed E-state index contributed by atoms with van der Waals surface area (Å²) in [5.41, 5.74) is 5.80. The van der Waals surface area contributed by atoms with Crippen molar-refractivity contribution in [3.8, 4) is 11.3 Å². The Labute approximate surface area is 145 Å². The minimum absolute atomic E-state index is 0.0871. The Bertz CT molecular complexity index is 735.